The average molecular weight is 520 g/mol. The number of rotatable bonds is 6. The Kier molecular flexibility index (Phi) is 6.65. The van der Waals surface area contributed by atoms with Gasteiger partial charge in [-0.1, -0.05) is 18.2 Å². The van der Waals surface area contributed by atoms with Crippen LogP contribution in [-0.4, -0.2) is 51.7 Å². The Labute approximate surface area is 218 Å². The number of aliphatic carboxylic acids is 1. The summed E-state index contributed by atoms with van der Waals surface area (Å²) >= 11 is -1.47. The normalized spacial score (nSPS) is 18.1. The minimum atomic E-state index is -1.47. The van der Waals surface area contributed by atoms with E-state index in [2.05, 4.69) is 15.2 Å². The van der Waals surface area contributed by atoms with Crippen LogP contribution in [0.4, 0.5) is 0 Å². The van der Waals surface area contributed by atoms with Crippen LogP contribution >= 0.6 is 0 Å². The molecule has 192 valence electrons. The molecule has 0 aliphatic carbocycles. The zero-order valence-electron chi connectivity index (χ0n) is 21.2. The van der Waals surface area contributed by atoms with Crippen molar-refractivity contribution in [3.05, 3.63) is 82.9 Å². The molecule has 0 spiro atoms. The van der Waals surface area contributed by atoms with Gasteiger partial charge in [0.2, 0.25) is 4.90 Å². The summed E-state index contributed by atoms with van der Waals surface area (Å²) in [6, 6.07) is 13.3. The zero-order valence-corrected chi connectivity index (χ0v) is 22.0. The van der Waals surface area contributed by atoms with Crippen molar-refractivity contribution in [1.82, 2.24) is 23.9 Å². The van der Waals surface area contributed by atoms with Crippen LogP contribution in [0.1, 0.15) is 54.3 Å². The van der Waals surface area contributed by atoms with Gasteiger partial charge in [0.05, 0.1) is 30.9 Å². The first-order valence-electron chi connectivity index (χ1n) is 12.0. The van der Waals surface area contributed by atoms with Gasteiger partial charge >= 0.3 is 5.97 Å². The number of ether oxygens (including phenoxy) is 1. The SMILES string of the molecule is Cc1ccc(C(CC(=O)O)c2ccn3c(C)nnc3c2)cc1CN1CC(C)(C)Oc2ncccc2[S+]1[O-]. The van der Waals surface area contributed by atoms with Gasteiger partial charge in [0.25, 0.3) is 5.88 Å². The molecule has 5 rings (SSSR count). The minimum Gasteiger partial charge on any atom is -0.593 e. The molecule has 2 unspecified atom stereocenters. The first kappa shape index (κ1) is 25.2. The number of aryl methyl sites for hydroxylation is 2. The van der Waals surface area contributed by atoms with Gasteiger partial charge in [0.1, 0.15) is 11.4 Å². The third-order valence-corrected chi connectivity index (χ3v) is 8.01. The maximum atomic E-state index is 13.6. The fourth-order valence-electron chi connectivity index (χ4n) is 4.73. The maximum Gasteiger partial charge on any atom is 0.304 e. The number of hydrogen-bond acceptors (Lipinski definition) is 7. The molecular weight excluding hydrogens is 490 g/mol. The Balaban J connectivity index is 1.51. The van der Waals surface area contributed by atoms with Crippen molar-refractivity contribution in [2.75, 3.05) is 6.54 Å². The van der Waals surface area contributed by atoms with Gasteiger partial charge in [-0.3, -0.25) is 9.20 Å². The van der Waals surface area contributed by atoms with Gasteiger partial charge in [0.15, 0.2) is 5.65 Å². The van der Waals surface area contributed by atoms with Crippen LogP contribution < -0.4 is 4.74 Å². The third kappa shape index (κ3) is 5.18. The predicted molar refractivity (Wildman–Crippen MR) is 139 cm³/mol. The number of carboxylic acid groups (broad SMARTS) is 1. The minimum absolute atomic E-state index is 0.0681. The van der Waals surface area contributed by atoms with Crippen LogP contribution in [-0.2, 0) is 22.7 Å². The van der Waals surface area contributed by atoms with Gasteiger partial charge < -0.3 is 14.4 Å². The Hall–Kier alpha value is -3.47. The maximum absolute atomic E-state index is 13.6. The van der Waals surface area contributed by atoms with Crippen LogP contribution in [0.3, 0.4) is 0 Å². The quantitative estimate of drug-likeness (QED) is 0.380. The molecule has 4 heterocycles. The predicted octanol–water partition coefficient (Wildman–Crippen LogP) is 4.04. The monoisotopic (exact) mass is 519 g/mol. The van der Waals surface area contributed by atoms with Crippen molar-refractivity contribution in [2.45, 2.75) is 57.1 Å². The van der Waals surface area contributed by atoms with Gasteiger partial charge in [-0.25, -0.2) is 4.98 Å². The van der Waals surface area contributed by atoms with Crippen molar-refractivity contribution in [1.29, 1.82) is 0 Å². The van der Waals surface area contributed by atoms with Crippen LogP contribution in [0.2, 0.25) is 0 Å². The number of hydrogen-bond donors (Lipinski definition) is 1. The summed E-state index contributed by atoms with van der Waals surface area (Å²) in [6.07, 6.45) is 3.44. The number of pyridine rings is 2. The topological polar surface area (TPSA) is 116 Å². The highest BCUT2D eigenvalue weighted by Crippen LogP contribution is 2.35. The fourth-order valence-corrected chi connectivity index (χ4v) is 6.13. The molecule has 0 saturated carbocycles. The Morgan fingerprint density at radius 2 is 1.97 bits per heavy atom. The van der Waals surface area contributed by atoms with Crippen LogP contribution in [0, 0.1) is 13.8 Å². The van der Waals surface area contributed by atoms with E-state index in [4.69, 9.17) is 4.74 Å². The van der Waals surface area contributed by atoms with Crippen molar-refractivity contribution in [2.24, 2.45) is 0 Å². The molecule has 37 heavy (non-hydrogen) atoms. The smallest absolute Gasteiger partial charge is 0.304 e. The molecule has 1 aliphatic heterocycles. The highest BCUT2D eigenvalue weighted by molar-refractivity contribution is 7.89. The molecular formula is C27H29N5O4S. The first-order valence-corrected chi connectivity index (χ1v) is 13.2. The van der Waals surface area contributed by atoms with Crippen LogP contribution in [0.15, 0.2) is 59.8 Å². The largest absolute Gasteiger partial charge is 0.593 e. The lowest BCUT2D eigenvalue weighted by atomic mass is 9.87. The summed E-state index contributed by atoms with van der Waals surface area (Å²) in [7, 11) is 0. The number of benzene rings is 1. The number of fused-ring (bicyclic) bond motifs is 2. The molecule has 0 amide bonds. The first-order chi connectivity index (χ1) is 17.6. The second kappa shape index (κ2) is 9.77. The van der Waals surface area contributed by atoms with Crippen molar-refractivity contribution >= 4 is 23.0 Å². The lowest BCUT2D eigenvalue weighted by Gasteiger charge is -2.28. The molecule has 1 aromatic carbocycles. The van der Waals surface area contributed by atoms with E-state index in [0.29, 0.717) is 29.5 Å². The number of nitrogens with zero attached hydrogens (tertiary/aromatic N) is 5. The highest BCUT2D eigenvalue weighted by atomic mass is 32.2. The van der Waals surface area contributed by atoms with E-state index in [0.717, 1.165) is 28.1 Å². The van der Waals surface area contributed by atoms with Gasteiger partial charge in [-0.15, -0.1) is 14.5 Å². The van der Waals surface area contributed by atoms with E-state index < -0.39 is 22.9 Å². The van der Waals surface area contributed by atoms with Crippen molar-refractivity contribution < 1.29 is 19.2 Å². The second-order valence-electron chi connectivity index (χ2n) is 9.99. The molecule has 9 nitrogen and oxygen atoms in total. The molecule has 0 fully saturated rings. The van der Waals surface area contributed by atoms with E-state index in [1.807, 2.05) is 72.9 Å². The number of carboxylic acids is 1. The van der Waals surface area contributed by atoms with Crippen LogP contribution in [0.25, 0.3) is 5.65 Å². The zero-order chi connectivity index (χ0) is 26.3. The Bertz CT molecular complexity index is 1470. The van der Waals surface area contributed by atoms with E-state index in [-0.39, 0.29) is 12.3 Å². The average Bonchev–Trinajstić information content (AvgIpc) is 3.18. The fraction of sp³-hybridized carbons (Fsp3) is 0.333. The Morgan fingerprint density at radius 3 is 2.76 bits per heavy atom. The summed E-state index contributed by atoms with van der Waals surface area (Å²) in [4.78, 5) is 16.7. The summed E-state index contributed by atoms with van der Waals surface area (Å²) < 4.78 is 23.4. The van der Waals surface area contributed by atoms with Gasteiger partial charge in [-0.05, 0) is 68.1 Å². The lowest BCUT2D eigenvalue weighted by molar-refractivity contribution is -0.137. The molecule has 1 aliphatic rings. The highest BCUT2D eigenvalue weighted by Gasteiger charge is 2.39. The van der Waals surface area contributed by atoms with E-state index in [1.165, 1.54) is 0 Å². The van der Waals surface area contributed by atoms with Gasteiger partial charge in [0, 0.05) is 24.4 Å². The summed E-state index contributed by atoms with van der Waals surface area (Å²) in [5, 5.41) is 18.0. The molecule has 10 heteroatoms. The van der Waals surface area contributed by atoms with E-state index >= 15 is 0 Å². The molecule has 0 bridgehead atoms. The molecule has 0 saturated heterocycles. The summed E-state index contributed by atoms with van der Waals surface area (Å²) in [5.41, 5.74) is 3.81. The number of aromatic nitrogens is 4. The summed E-state index contributed by atoms with van der Waals surface area (Å²) in [5.74, 6) is -0.109. The van der Waals surface area contributed by atoms with Crippen molar-refractivity contribution in [3.8, 4) is 5.88 Å². The Morgan fingerprint density at radius 1 is 1.19 bits per heavy atom. The lowest BCUT2D eigenvalue weighted by Crippen LogP contribution is -2.42. The molecule has 0 radical (unpaired) electrons. The van der Waals surface area contributed by atoms with E-state index in [1.54, 1.807) is 18.3 Å². The summed E-state index contributed by atoms with van der Waals surface area (Å²) in [6.45, 7) is 8.63. The molecule has 1 N–H and O–H groups in total. The van der Waals surface area contributed by atoms with E-state index in [9.17, 15) is 14.5 Å². The van der Waals surface area contributed by atoms with Crippen molar-refractivity contribution in [3.63, 3.8) is 0 Å². The van der Waals surface area contributed by atoms with Crippen LogP contribution in [0.5, 0.6) is 5.88 Å². The third-order valence-electron chi connectivity index (χ3n) is 6.60. The molecule has 4 aromatic rings. The second-order valence-corrected chi connectivity index (χ2v) is 11.4. The molecule has 2 atom stereocenters. The number of carbonyl (C=O) groups is 1. The molecule has 3 aromatic heterocycles. The standard InChI is InChI=1S/C27H29N5O4S/c1-17-7-8-19(22(14-25(33)34)20-9-11-32-18(2)29-30-24(32)13-20)12-21(17)15-31-16-27(3,4)36-26-23(37(31)35)6-5-10-28-26/h5-13,22H,14-16H2,1-4H3,(H,33,34). The van der Waals surface area contributed by atoms with Gasteiger partial charge in [-0.2, -0.15) is 0 Å².